The molecule has 0 spiro atoms. The average molecular weight is 394 g/mol. The number of primary amides is 1. The van der Waals surface area contributed by atoms with Crippen LogP contribution in [0, 0.1) is 11.8 Å². The van der Waals surface area contributed by atoms with Gasteiger partial charge in [0.25, 0.3) is 5.91 Å². The number of aromatic nitrogens is 2. The van der Waals surface area contributed by atoms with Crippen molar-refractivity contribution in [1.82, 2.24) is 9.97 Å². The van der Waals surface area contributed by atoms with Crippen LogP contribution < -0.4 is 11.1 Å². The first-order valence-corrected chi connectivity index (χ1v) is 10.3. The molecular formula is C20H31FN4O3. The number of ether oxygens (including phenoxy) is 1. The molecule has 1 aromatic heterocycles. The summed E-state index contributed by atoms with van der Waals surface area (Å²) in [5.41, 5.74) is 6.51. The van der Waals surface area contributed by atoms with Crippen molar-refractivity contribution in [2.45, 2.75) is 76.8 Å². The molecule has 2 fully saturated rings. The van der Waals surface area contributed by atoms with Crippen molar-refractivity contribution >= 4 is 11.9 Å². The van der Waals surface area contributed by atoms with Gasteiger partial charge in [-0.05, 0) is 63.7 Å². The zero-order valence-corrected chi connectivity index (χ0v) is 16.4. The molecule has 3 rings (SSSR count). The summed E-state index contributed by atoms with van der Waals surface area (Å²) in [6.45, 7) is 1.57. The van der Waals surface area contributed by atoms with E-state index in [1.807, 2.05) is 0 Å². The monoisotopic (exact) mass is 394 g/mol. The average Bonchev–Trinajstić information content (AvgIpc) is 3.10. The number of hydrogen-bond acceptors (Lipinski definition) is 6. The highest BCUT2D eigenvalue weighted by Gasteiger charge is 2.29. The van der Waals surface area contributed by atoms with Crippen LogP contribution in [0.15, 0.2) is 6.20 Å². The Bertz CT molecular complexity index is 665. The molecule has 0 radical (unpaired) electrons. The Balaban J connectivity index is 1.65. The summed E-state index contributed by atoms with van der Waals surface area (Å²) in [5, 5.41) is 12.9. The number of nitrogens with two attached hydrogens (primary N) is 1. The van der Waals surface area contributed by atoms with Crippen LogP contribution in [-0.2, 0) is 11.2 Å². The van der Waals surface area contributed by atoms with E-state index in [1.165, 1.54) is 13.1 Å². The molecular weight excluding hydrogens is 363 g/mol. The quantitative estimate of drug-likeness (QED) is 0.625. The number of amides is 1. The van der Waals surface area contributed by atoms with Crippen molar-refractivity contribution in [3.8, 4) is 0 Å². The van der Waals surface area contributed by atoms with Crippen LogP contribution in [0.1, 0.15) is 67.9 Å². The highest BCUT2D eigenvalue weighted by atomic mass is 19.1. The number of carbonyl (C=O) groups is 1. The van der Waals surface area contributed by atoms with Gasteiger partial charge in [0.15, 0.2) is 6.36 Å². The number of hydrogen-bond donors (Lipinski definition) is 3. The van der Waals surface area contributed by atoms with E-state index in [0.29, 0.717) is 29.5 Å². The second-order valence-electron chi connectivity index (χ2n) is 8.05. The van der Waals surface area contributed by atoms with Crippen LogP contribution in [-0.4, -0.2) is 46.1 Å². The largest absolute Gasteiger partial charge is 0.396 e. The SMILES string of the molecule is CC(F)OC1CCC(Nc2ncc(C(N)=O)c(C[C@@H]3CCC[C@@H]3CO)n2)CC1. The van der Waals surface area contributed by atoms with Crippen molar-refractivity contribution in [2.24, 2.45) is 17.6 Å². The van der Waals surface area contributed by atoms with E-state index in [1.54, 1.807) is 0 Å². The van der Waals surface area contributed by atoms with Gasteiger partial charge in [-0.15, -0.1) is 0 Å². The first-order valence-electron chi connectivity index (χ1n) is 10.3. The summed E-state index contributed by atoms with van der Waals surface area (Å²) in [4.78, 5) is 20.7. The van der Waals surface area contributed by atoms with Crippen molar-refractivity contribution in [3.63, 3.8) is 0 Å². The summed E-state index contributed by atoms with van der Waals surface area (Å²) in [6, 6.07) is 0.193. The van der Waals surface area contributed by atoms with Gasteiger partial charge in [0.2, 0.25) is 5.95 Å². The summed E-state index contributed by atoms with van der Waals surface area (Å²) in [6.07, 6.45) is 7.23. The zero-order chi connectivity index (χ0) is 20.1. The molecule has 0 aliphatic heterocycles. The Morgan fingerprint density at radius 2 is 2.04 bits per heavy atom. The molecule has 0 saturated heterocycles. The van der Waals surface area contributed by atoms with Gasteiger partial charge in [-0.25, -0.2) is 14.4 Å². The van der Waals surface area contributed by atoms with E-state index < -0.39 is 12.3 Å². The van der Waals surface area contributed by atoms with Gasteiger partial charge in [-0.3, -0.25) is 4.79 Å². The lowest BCUT2D eigenvalue weighted by Gasteiger charge is -2.29. The number of anilines is 1. The molecule has 1 aromatic rings. The van der Waals surface area contributed by atoms with Crippen LogP contribution in [0.5, 0.6) is 0 Å². The number of aliphatic hydroxyl groups is 1. The molecule has 0 bridgehead atoms. The third-order valence-corrected chi connectivity index (χ3v) is 6.03. The maximum Gasteiger partial charge on any atom is 0.252 e. The van der Waals surface area contributed by atoms with Crippen LogP contribution in [0.25, 0.3) is 0 Å². The van der Waals surface area contributed by atoms with Gasteiger partial charge < -0.3 is 20.9 Å². The molecule has 28 heavy (non-hydrogen) atoms. The first kappa shape index (κ1) is 20.9. The Kier molecular flexibility index (Phi) is 7.18. The van der Waals surface area contributed by atoms with E-state index in [-0.39, 0.29) is 24.7 Å². The molecule has 2 saturated carbocycles. The fraction of sp³-hybridized carbons (Fsp3) is 0.750. The number of halogens is 1. The van der Waals surface area contributed by atoms with E-state index in [9.17, 15) is 14.3 Å². The molecule has 7 nitrogen and oxygen atoms in total. The predicted molar refractivity (Wildman–Crippen MR) is 103 cm³/mol. The number of nitrogens with one attached hydrogen (secondary N) is 1. The standard InChI is InChI=1S/C20H31FN4O3/c1-12(21)28-16-7-5-15(6-8-16)24-20-23-10-17(19(22)27)18(25-20)9-13-3-2-4-14(13)11-26/h10,12-16,26H,2-9,11H2,1H3,(H2,22,27)(H,23,24,25)/t12?,13-,14+,15?,16?/m0/s1. The lowest BCUT2D eigenvalue weighted by molar-refractivity contribution is -0.0862. The van der Waals surface area contributed by atoms with E-state index in [4.69, 9.17) is 10.5 Å². The van der Waals surface area contributed by atoms with Crippen molar-refractivity contribution in [1.29, 1.82) is 0 Å². The number of carbonyl (C=O) groups excluding carboxylic acids is 1. The highest BCUT2D eigenvalue weighted by molar-refractivity contribution is 5.93. The Hall–Kier alpha value is -1.80. The fourth-order valence-electron chi connectivity index (χ4n) is 4.51. The number of alkyl halides is 1. The molecule has 1 heterocycles. The maximum atomic E-state index is 13.0. The maximum absolute atomic E-state index is 13.0. The molecule has 3 atom stereocenters. The second-order valence-corrected chi connectivity index (χ2v) is 8.05. The molecule has 8 heteroatoms. The normalized spacial score (nSPS) is 28.8. The number of nitrogens with zero attached hydrogens (tertiary/aromatic N) is 2. The van der Waals surface area contributed by atoms with Gasteiger partial charge >= 0.3 is 0 Å². The van der Waals surface area contributed by atoms with Crippen molar-refractivity contribution in [2.75, 3.05) is 11.9 Å². The molecule has 2 aliphatic rings. The third kappa shape index (κ3) is 5.38. The molecule has 4 N–H and O–H groups in total. The Morgan fingerprint density at radius 1 is 1.32 bits per heavy atom. The summed E-state index contributed by atoms with van der Waals surface area (Å²) < 4.78 is 18.2. The molecule has 1 amide bonds. The van der Waals surface area contributed by atoms with Crippen molar-refractivity contribution in [3.05, 3.63) is 17.5 Å². The fourth-order valence-corrected chi connectivity index (χ4v) is 4.51. The van der Waals surface area contributed by atoms with E-state index >= 15 is 0 Å². The topological polar surface area (TPSA) is 110 Å². The molecule has 156 valence electrons. The predicted octanol–water partition coefficient (Wildman–Crippen LogP) is 2.58. The summed E-state index contributed by atoms with van der Waals surface area (Å²) in [5.74, 6) is 0.515. The van der Waals surface area contributed by atoms with E-state index in [2.05, 4.69) is 15.3 Å². The Labute approximate surface area is 165 Å². The molecule has 0 aromatic carbocycles. The molecule has 2 aliphatic carbocycles. The lowest BCUT2D eigenvalue weighted by Crippen LogP contribution is -2.31. The van der Waals surface area contributed by atoms with Gasteiger partial charge in [-0.1, -0.05) is 6.42 Å². The molecule has 1 unspecified atom stereocenters. The highest BCUT2D eigenvalue weighted by Crippen LogP contribution is 2.34. The first-order chi connectivity index (χ1) is 13.5. The van der Waals surface area contributed by atoms with Crippen LogP contribution in [0.4, 0.5) is 10.3 Å². The van der Waals surface area contributed by atoms with Gasteiger partial charge in [0.05, 0.1) is 17.4 Å². The smallest absolute Gasteiger partial charge is 0.252 e. The van der Waals surface area contributed by atoms with Crippen LogP contribution in [0.3, 0.4) is 0 Å². The lowest BCUT2D eigenvalue weighted by atomic mass is 9.91. The van der Waals surface area contributed by atoms with Gasteiger partial charge in [-0.2, -0.15) is 0 Å². The minimum Gasteiger partial charge on any atom is -0.396 e. The second kappa shape index (κ2) is 9.60. The third-order valence-electron chi connectivity index (χ3n) is 6.03. The zero-order valence-electron chi connectivity index (χ0n) is 16.4. The van der Waals surface area contributed by atoms with Gasteiger partial charge in [0.1, 0.15) is 0 Å². The Morgan fingerprint density at radius 3 is 2.68 bits per heavy atom. The number of aliphatic hydroxyl groups excluding tert-OH is 1. The van der Waals surface area contributed by atoms with Gasteiger partial charge in [0, 0.05) is 18.8 Å². The summed E-state index contributed by atoms with van der Waals surface area (Å²) in [7, 11) is 0. The van der Waals surface area contributed by atoms with E-state index in [0.717, 1.165) is 44.9 Å². The van der Waals surface area contributed by atoms with Crippen molar-refractivity contribution < 1.29 is 19.0 Å². The number of rotatable bonds is 8. The summed E-state index contributed by atoms with van der Waals surface area (Å²) >= 11 is 0. The minimum atomic E-state index is -1.24. The van der Waals surface area contributed by atoms with Crippen LogP contribution in [0.2, 0.25) is 0 Å². The minimum absolute atomic E-state index is 0.0375. The van der Waals surface area contributed by atoms with Crippen LogP contribution >= 0.6 is 0 Å².